The quantitative estimate of drug-likeness (QED) is 0.805. The predicted octanol–water partition coefficient (Wildman–Crippen LogP) is 1.12. The summed E-state index contributed by atoms with van der Waals surface area (Å²) >= 11 is 0. The molecule has 5 heteroatoms. The maximum absolute atomic E-state index is 12.4. The molecule has 1 amide bonds. The molecule has 96 valence electrons. The van der Waals surface area contributed by atoms with Gasteiger partial charge in [-0.15, -0.1) is 0 Å². The van der Waals surface area contributed by atoms with Crippen LogP contribution in [0.25, 0.3) is 0 Å². The third kappa shape index (κ3) is 2.16. The number of carbonyl (C=O) groups excluding carboxylic acids is 2. The number of Topliss-reactive ketones (excluding diaryl/α,β-unsaturated/α-hetero) is 1. The van der Waals surface area contributed by atoms with E-state index in [-0.39, 0.29) is 18.2 Å². The van der Waals surface area contributed by atoms with Crippen molar-refractivity contribution in [3.05, 3.63) is 23.8 Å². The van der Waals surface area contributed by atoms with Gasteiger partial charge in [0.2, 0.25) is 0 Å². The highest BCUT2D eigenvalue weighted by atomic mass is 16.5. The maximum atomic E-state index is 12.4. The van der Waals surface area contributed by atoms with Gasteiger partial charge in [-0.2, -0.15) is 0 Å². The molecule has 18 heavy (non-hydrogen) atoms. The molecule has 5 nitrogen and oxygen atoms in total. The molecule has 2 rings (SSSR count). The third-order valence-electron chi connectivity index (χ3n) is 2.96. The van der Waals surface area contributed by atoms with E-state index in [9.17, 15) is 9.59 Å². The fourth-order valence-electron chi connectivity index (χ4n) is 2.02. The van der Waals surface area contributed by atoms with E-state index in [1.807, 2.05) is 0 Å². The van der Waals surface area contributed by atoms with Gasteiger partial charge in [0.15, 0.2) is 5.78 Å². The molecule has 1 aromatic rings. The maximum Gasteiger partial charge on any atom is 0.261 e. The summed E-state index contributed by atoms with van der Waals surface area (Å²) in [6, 6.07) is 5.16. The zero-order valence-corrected chi connectivity index (χ0v) is 10.4. The summed E-state index contributed by atoms with van der Waals surface area (Å²) in [7, 11) is 3.00. The lowest BCUT2D eigenvalue weighted by Crippen LogP contribution is -2.29. The van der Waals surface area contributed by atoms with E-state index >= 15 is 0 Å². The molecule has 0 aliphatic carbocycles. The zero-order chi connectivity index (χ0) is 13.1. The molecule has 0 aromatic heterocycles. The molecule has 0 radical (unpaired) electrons. The molecular weight excluding hydrogens is 234 g/mol. The molecule has 1 saturated heterocycles. The molecule has 0 atom stereocenters. The van der Waals surface area contributed by atoms with Crippen molar-refractivity contribution >= 4 is 11.7 Å². The van der Waals surface area contributed by atoms with Crippen molar-refractivity contribution in [3.63, 3.8) is 0 Å². The van der Waals surface area contributed by atoms with Gasteiger partial charge in [0.05, 0.1) is 20.8 Å². The first-order chi connectivity index (χ1) is 8.67. The van der Waals surface area contributed by atoms with Gasteiger partial charge in [0.1, 0.15) is 17.1 Å². The Balaban J connectivity index is 2.36. The van der Waals surface area contributed by atoms with E-state index < -0.39 is 0 Å². The fourth-order valence-corrected chi connectivity index (χ4v) is 2.02. The minimum Gasteiger partial charge on any atom is -0.496 e. The van der Waals surface area contributed by atoms with Crippen LogP contribution >= 0.6 is 0 Å². The normalized spacial score (nSPS) is 14.8. The second-order valence-electron chi connectivity index (χ2n) is 4.05. The van der Waals surface area contributed by atoms with Crippen molar-refractivity contribution in [3.8, 4) is 11.5 Å². The summed E-state index contributed by atoms with van der Waals surface area (Å²) in [5, 5.41) is 0. The van der Waals surface area contributed by atoms with E-state index in [1.54, 1.807) is 18.2 Å². The lowest BCUT2D eigenvalue weighted by Gasteiger charge is -2.18. The van der Waals surface area contributed by atoms with Gasteiger partial charge in [0.25, 0.3) is 5.91 Å². The van der Waals surface area contributed by atoms with Gasteiger partial charge in [-0.3, -0.25) is 9.59 Å². The Morgan fingerprint density at radius 3 is 2.28 bits per heavy atom. The third-order valence-corrected chi connectivity index (χ3v) is 2.96. The van der Waals surface area contributed by atoms with Crippen molar-refractivity contribution < 1.29 is 19.1 Å². The van der Waals surface area contributed by atoms with Gasteiger partial charge in [0, 0.05) is 13.0 Å². The highest BCUT2D eigenvalue weighted by molar-refractivity contribution is 6.02. The van der Waals surface area contributed by atoms with Gasteiger partial charge >= 0.3 is 0 Å². The van der Waals surface area contributed by atoms with Crippen LogP contribution in [0.4, 0.5) is 0 Å². The Bertz CT molecular complexity index is 462. The zero-order valence-electron chi connectivity index (χ0n) is 10.4. The van der Waals surface area contributed by atoms with E-state index in [0.717, 1.165) is 0 Å². The number of hydrogen-bond acceptors (Lipinski definition) is 4. The number of hydrogen-bond donors (Lipinski definition) is 0. The van der Waals surface area contributed by atoms with Crippen LogP contribution in [0.1, 0.15) is 16.8 Å². The summed E-state index contributed by atoms with van der Waals surface area (Å²) in [5.74, 6) is 0.768. The first-order valence-corrected chi connectivity index (χ1v) is 5.69. The van der Waals surface area contributed by atoms with Crippen LogP contribution in [-0.2, 0) is 4.79 Å². The van der Waals surface area contributed by atoms with E-state index in [2.05, 4.69) is 0 Å². The highest BCUT2D eigenvalue weighted by Gasteiger charge is 2.29. The monoisotopic (exact) mass is 249 g/mol. The van der Waals surface area contributed by atoms with Gasteiger partial charge < -0.3 is 14.4 Å². The minimum atomic E-state index is -0.227. The molecule has 0 N–H and O–H groups in total. The standard InChI is InChI=1S/C13H15NO4/c1-17-10-4-3-5-11(18-2)12(10)13(16)14-7-6-9(15)8-14/h3-5H,6-8H2,1-2H3. The molecule has 0 saturated carbocycles. The second kappa shape index (κ2) is 5.08. The van der Waals surface area contributed by atoms with Crippen LogP contribution in [0, 0.1) is 0 Å². The Labute approximate surface area is 105 Å². The molecular formula is C13H15NO4. The molecule has 1 aliphatic heterocycles. The van der Waals surface area contributed by atoms with Crippen LogP contribution in [0.3, 0.4) is 0 Å². The topological polar surface area (TPSA) is 55.8 Å². The number of benzene rings is 1. The number of amides is 1. The summed E-state index contributed by atoms with van der Waals surface area (Å²) in [4.78, 5) is 25.1. The molecule has 1 aromatic carbocycles. The summed E-state index contributed by atoms with van der Waals surface area (Å²) < 4.78 is 10.4. The fraction of sp³-hybridized carbons (Fsp3) is 0.385. The predicted molar refractivity (Wildman–Crippen MR) is 65.1 cm³/mol. The van der Waals surface area contributed by atoms with Crippen LogP contribution in [-0.4, -0.2) is 43.9 Å². The smallest absolute Gasteiger partial charge is 0.261 e. The first kappa shape index (κ1) is 12.4. The Morgan fingerprint density at radius 1 is 1.22 bits per heavy atom. The average molecular weight is 249 g/mol. The van der Waals surface area contributed by atoms with Crippen molar-refractivity contribution in [1.82, 2.24) is 4.90 Å². The van der Waals surface area contributed by atoms with Gasteiger partial charge in [-0.25, -0.2) is 0 Å². The van der Waals surface area contributed by atoms with Crippen molar-refractivity contribution in [1.29, 1.82) is 0 Å². The van der Waals surface area contributed by atoms with Crippen LogP contribution in [0.5, 0.6) is 11.5 Å². The van der Waals surface area contributed by atoms with E-state index in [0.29, 0.717) is 30.0 Å². The number of ketones is 1. The Kier molecular flexibility index (Phi) is 3.50. The number of ether oxygens (including phenoxy) is 2. The second-order valence-corrected chi connectivity index (χ2v) is 4.05. The van der Waals surface area contributed by atoms with Gasteiger partial charge in [-0.1, -0.05) is 6.07 Å². The molecule has 0 unspecified atom stereocenters. The molecule has 1 heterocycles. The lowest BCUT2D eigenvalue weighted by molar-refractivity contribution is -0.116. The van der Waals surface area contributed by atoms with Crippen LogP contribution in [0.2, 0.25) is 0 Å². The number of rotatable bonds is 3. The largest absolute Gasteiger partial charge is 0.496 e. The number of carbonyl (C=O) groups is 2. The first-order valence-electron chi connectivity index (χ1n) is 5.69. The van der Waals surface area contributed by atoms with Crippen molar-refractivity contribution in [2.45, 2.75) is 6.42 Å². The van der Waals surface area contributed by atoms with Crippen molar-refractivity contribution in [2.75, 3.05) is 27.3 Å². The van der Waals surface area contributed by atoms with Crippen molar-refractivity contribution in [2.24, 2.45) is 0 Å². The molecule has 0 bridgehead atoms. The summed E-state index contributed by atoms with van der Waals surface area (Å²) in [6.07, 6.45) is 0.420. The highest BCUT2D eigenvalue weighted by Crippen LogP contribution is 2.30. The summed E-state index contributed by atoms with van der Waals surface area (Å²) in [6.45, 7) is 0.624. The molecule has 1 fully saturated rings. The van der Waals surface area contributed by atoms with Gasteiger partial charge in [-0.05, 0) is 12.1 Å². The number of methoxy groups -OCH3 is 2. The molecule has 0 spiro atoms. The lowest BCUT2D eigenvalue weighted by atomic mass is 10.1. The average Bonchev–Trinajstić information content (AvgIpc) is 2.83. The Morgan fingerprint density at radius 2 is 1.83 bits per heavy atom. The van der Waals surface area contributed by atoms with Crippen LogP contribution < -0.4 is 9.47 Å². The summed E-state index contributed by atoms with van der Waals surface area (Å²) in [5.41, 5.74) is 0.372. The van der Waals surface area contributed by atoms with Crippen LogP contribution in [0.15, 0.2) is 18.2 Å². The van der Waals surface area contributed by atoms with E-state index in [4.69, 9.17) is 9.47 Å². The van der Waals surface area contributed by atoms with E-state index in [1.165, 1.54) is 19.1 Å². The SMILES string of the molecule is COc1cccc(OC)c1C(=O)N1CCC(=O)C1. The minimum absolute atomic E-state index is 0.0808. The number of likely N-dealkylation sites (tertiary alicyclic amines) is 1. The molecule has 1 aliphatic rings. The number of nitrogens with zero attached hydrogens (tertiary/aromatic N) is 1. The Hall–Kier alpha value is -2.04.